The smallest absolute Gasteiger partial charge is 0.261 e. The van der Waals surface area contributed by atoms with E-state index in [2.05, 4.69) is 10.0 Å². The molecule has 0 heterocycles. The van der Waals surface area contributed by atoms with Gasteiger partial charge in [0.05, 0.1) is 10.6 Å². The highest BCUT2D eigenvalue weighted by molar-refractivity contribution is 7.92. The third-order valence-corrected chi connectivity index (χ3v) is 6.35. The van der Waals surface area contributed by atoms with Crippen molar-refractivity contribution in [3.05, 3.63) is 103 Å². The summed E-state index contributed by atoms with van der Waals surface area (Å²) in [6.45, 7) is 0. The highest BCUT2D eigenvalue weighted by Gasteiger charge is 2.15. The van der Waals surface area contributed by atoms with Gasteiger partial charge in [-0.15, -0.1) is 0 Å². The molecule has 5 nitrogen and oxygen atoms in total. The van der Waals surface area contributed by atoms with Crippen LogP contribution in [0.1, 0.15) is 12.0 Å². The van der Waals surface area contributed by atoms with Crippen LogP contribution in [0.15, 0.2) is 102 Å². The van der Waals surface area contributed by atoms with E-state index < -0.39 is 10.0 Å². The van der Waals surface area contributed by atoms with Crippen molar-refractivity contribution in [1.82, 2.24) is 0 Å². The van der Waals surface area contributed by atoms with Crippen LogP contribution in [-0.4, -0.2) is 14.3 Å². The van der Waals surface area contributed by atoms with Crippen molar-refractivity contribution in [1.29, 1.82) is 0 Å². The summed E-state index contributed by atoms with van der Waals surface area (Å²) < 4.78 is 28.3. The first-order valence-electron chi connectivity index (χ1n) is 9.96. The largest absolute Gasteiger partial charge is 0.326 e. The molecule has 0 aliphatic rings. The molecule has 0 saturated carbocycles. The van der Waals surface area contributed by atoms with Crippen LogP contribution < -0.4 is 10.0 Å². The summed E-state index contributed by atoms with van der Waals surface area (Å²) in [6, 6.07) is 29.0. The van der Waals surface area contributed by atoms with E-state index in [1.807, 2.05) is 66.7 Å². The number of amides is 1. The molecule has 31 heavy (non-hydrogen) atoms. The molecule has 2 N–H and O–H groups in total. The van der Waals surface area contributed by atoms with E-state index in [9.17, 15) is 13.2 Å². The molecule has 0 fully saturated rings. The van der Waals surface area contributed by atoms with Gasteiger partial charge in [-0.3, -0.25) is 9.52 Å². The topological polar surface area (TPSA) is 75.3 Å². The fourth-order valence-corrected chi connectivity index (χ4v) is 4.44. The van der Waals surface area contributed by atoms with Crippen LogP contribution in [-0.2, 0) is 21.2 Å². The van der Waals surface area contributed by atoms with E-state index in [1.54, 1.807) is 18.2 Å². The fraction of sp³-hybridized carbons (Fsp3) is 0.0800. The zero-order valence-corrected chi connectivity index (χ0v) is 17.6. The first-order chi connectivity index (χ1) is 15.0. The Morgan fingerprint density at radius 2 is 1.42 bits per heavy atom. The summed E-state index contributed by atoms with van der Waals surface area (Å²) in [6.07, 6.45) is 1.00. The number of anilines is 2. The second-order valence-electron chi connectivity index (χ2n) is 7.19. The lowest BCUT2D eigenvalue weighted by molar-refractivity contribution is -0.116. The molecule has 4 aromatic rings. The predicted octanol–water partition coefficient (Wildman–Crippen LogP) is 5.21. The van der Waals surface area contributed by atoms with E-state index in [-0.39, 0.29) is 10.8 Å². The summed E-state index contributed by atoms with van der Waals surface area (Å²) in [4.78, 5) is 12.3. The quantitative estimate of drug-likeness (QED) is 0.422. The summed E-state index contributed by atoms with van der Waals surface area (Å²) in [5, 5.41) is 4.59. The Morgan fingerprint density at radius 3 is 2.19 bits per heavy atom. The average molecular weight is 431 g/mol. The van der Waals surface area contributed by atoms with Gasteiger partial charge in [0, 0.05) is 17.5 Å². The molecule has 0 spiro atoms. The molecular formula is C25H22N2O3S. The molecule has 0 saturated heterocycles. The van der Waals surface area contributed by atoms with Gasteiger partial charge in [0.1, 0.15) is 0 Å². The number of sulfonamides is 1. The highest BCUT2D eigenvalue weighted by Crippen LogP contribution is 2.26. The molecule has 1 amide bonds. The van der Waals surface area contributed by atoms with Gasteiger partial charge in [-0.1, -0.05) is 66.7 Å². The maximum atomic E-state index is 12.8. The summed E-state index contributed by atoms with van der Waals surface area (Å²) in [7, 11) is -3.76. The number of carbonyl (C=O) groups is 1. The number of hydrogen-bond acceptors (Lipinski definition) is 3. The van der Waals surface area contributed by atoms with Crippen LogP contribution in [0.25, 0.3) is 10.8 Å². The number of aryl methyl sites for hydroxylation is 1. The van der Waals surface area contributed by atoms with E-state index in [0.29, 0.717) is 24.2 Å². The number of carbonyl (C=O) groups excluding carboxylic acids is 1. The van der Waals surface area contributed by atoms with Gasteiger partial charge in [-0.25, -0.2) is 8.42 Å². The molecular weight excluding hydrogens is 408 g/mol. The van der Waals surface area contributed by atoms with Crippen LogP contribution in [0.4, 0.5) is 11.4 Å². The van der Waals surface area contributed by atoms with Crippen LogP contribution in [0.3, 0.4) is 0 Å². The van der Waals surface area contributed by atoms with Crippen molar-refractivity contribution in [2.75, 3.05) is 10.0 Å². The molecule has 0 aromatic heterocycles. The minimum absolute atomic E-state index is 0.117. The minimum atomic E-state index is -3.76. The van der Waals surface area contributed by atoms with Gasteiger partial charge in [-0.2, -0.15) is 0 Å². The van der Waals surface area contributed by atoms with Gasteiger partial charge in [-0.05, 0) is 47.7 Å². The minimum Gasteiger partial charge on any atom is -0.326 e. The molecule has 4 rings (SSSR count). The molecule has 156 valence electrons. The summed E-state index contributed by atoms with van der Waals surface area (Å²) in [5.41, 5.74) is 2.18. The highest BCUT2D eigenvalue weighted by atomic mass is 32.2. The standard InChI is InChI=1S/C25H22N2O3S/c28-25(18-13-19-7-2-1-3-8-19)26-21-14-16-22(17-15-21)31(29,30)27-24-12-6-10-20-9-4-5-11-23(20)24/h1-12,14-17,27H,13,18H2,(H,26,28). The van der Waals surface area contributed by atoms with Crippen LogP contribution >= 0.6 is 0 Å². The molecule has 0 atom stereocenters. The zero-order chi connectivity index (χ0) is 21.7. The van der Waals surface area contributed by atoms with Crippen molar-refractivity contribution < 1.29 is 13.2 Å². The van der Waals surface area contributed by atoms with Crippen molar-refractivity contribution in [2.24, 2.45) is 0 Å². The van der Waals surface area contributed by atoms with Crippen molar-refractivity contribution in [3.63, 3.8) is 0 Å². The van der Waals surface area contributed by atoms with Crippen LogP contribution in [0.5, 0.6) is 0 Å². The van der Waals surface area contributed by atoms with Gasteiger partial charge >= 0.3 is 0 Å². The first-order valence-corrected chi connectivity index (χ1v) is 11.4. The second kappa shape index (κ2) is 9.02. The lowest BCUT2D eigenvalue weighted by Gasteiger charge is -2.11. The molecule has 0 aliphatic carbocycles. The zero-order valence-electron chi connectivity index (χ0n) is 16.8. The number of rotatable bonds is 7. The molecule has 4 aromatic carbocycles. The molecule has 6 heteroatoms. The lowest BCUT2D eigenvalue weighted by atomic mass is 10.1. The molecule has 0 radical (unpaired) electrons. The lowest BCUT2D eigenvalue weighted by Crippen LogP contribution is -2.14. The number of hydrogen-bond donors (Lipinski definition) is 2. The third-order valence-electron chi connectivity index (χ3n) is 4.97. The normalized spacial score (nSPS) is 11.2. The molecule has 0 bridgehead atoms. The molecule has 0 unspecified atom stereocenters. The van der Waals surface area contributed by atoms with Gasteiger partial charge < -0.3 is 5.32 Å². The second-order valence-corrected chi connectivity index (χ2v) is 8.87. The monoisotopic (exact) mass is 430 g/mol. The van der Waals surface area contributed by atoms with Crippen LogP contribution in [0, 0.1) is 0 Å². The van der Waals surface area contributed by atoms with E-state index in [4.69, 9.17) is 0 Å². The van der Waals surface area contributed by atoms with E-state index in [0.717, 1.165) is 16.3 Å². The van der Waals surface area contributed by atoms with Crippen molar-refractivity contribution >= 4 is 38.1 Å². The van der Waals surface area contributed by atoms with Crippen molar-refractivity contribution in [2.45, 2.75) is 17.7 Å². The van der Waals surface area contributed by atoms with Crippen LogP contribution in [0.2, 0.25) is 0 Å². The van der Waals surface area contributed by atoms with Gasteiger partial charge in [0.25, 0.3) is 10.0 Å². The Bertz CT molecular complexity index is 1300. The Balaban J connectivity index is 1.42. The number of benzene rings is 4. The molecule has 0 aliphatic heterocycles. The maximum Gasteiger partial charge on any atom is 0.261 e. The van der Waals surface area contributed by atoms with Gasteiger partial charge in [0.2, 0.25) is 5.91 Å². The number of nitrogens with one attached hydrogen (secondary N) is 2. The van der Waals surface area contributed by atoms with E-state index >= 15 is 0 Å². The Hall–Kier alpha value is -3.64. The average Bonchev–Trinajstić information content (AvgIpc) is 2.79. The summed E-state index contributed by atoms with van der Waals surface area (Å²) in [5.74, 6) is -0.117. The Labute approximate surface area is 181 Å². The SMILES string of the molecule is O=C(CCc1ccccc1)Nc1ccc(S(=O)(=O)Nc2cccc3ccccc23)cc1. The van der Waals surface area contributed by atoms with E-state index in [1.165, 1.54) is 12.1 Å². The third kappa shape index (κ3) is 5.10. The van der Waals surface area contributed by atoms with Gasteiger partial charge in [0.15, 0.2) is 0 Å². The first kappa shape index (κ1) is 20.6. The Kier molecular flexibility index (Phi) is 6.00. The predicted molar refractivity (Wildman–Crippen MR) is 125 cm³/mol. The maximum absolute atomic E-state index is 12.8. The fourth-order valence-electron chi connectivity index (χ4n) is 3.36. The summed E-state index contributed by atoms with van der Waals surface area (Å²) >= 11 is 0. The Morgan fingerprint density at radius 1 is 0.742 bits per heavy atom. The number of fused-ring (bicyclic) bond motifs is 1. The van der Waals surface area contributed by atoms with Crippen molar-refractivity contribution in [3.8, 4) is 0 Å².